The van der Waals surface area contributed by atoms with Crippen LogP contribution in [0.3, 0.4) is 0 Å². The Hall–Kier alpha value is -1.65. The highest BCUT2D eigenvalue weighted by Gasteiger charge is 2.33. The van der Waals surface area contributed by atoms with E-state index < -0.39 is 0 Å². The Balaban J connectivity index is 1.42. The quantitative estimate of drug-likeness (QED) is 0.838. The third-order valence-corrected chi connectivity index (χ3v) is 6.78. The Bertz CT molecular complexity index is 744. The summed E-state index contributed by atoms with van der Waals surface area (Å²) in [5, 5.41) is 0. The highest BCUT2D eigenvalue weighted by Crippen LogP contribution is 2.29. The molecule has 132 valence electrons. The molecule has 1 fully saturated rings. The smallest absolute Gasteiger partial charge is 0.263 e. The zero-order chi connectivity index (χ0) is 17.4. The lowest BCUT2D eigenvalue weighted by molar-refractivity contribution is 0.0559. The van der Waals surface area contributed by atoms with Crippen LogP contribution in [0.4, 0.5) is 0 Å². The number of aryl methyl sites for hydroxylation is 1. The van der Waals surface area contributed by atoms with Gasteiger partial charge in [-0.25, -0.2) is 0 Å². The van der Waals surface area contributed by atoms with E-state index in [2.05, 4.69) is 36.1 Å². The van der Waals surface area contributed by atoms with Crippen LogP contribution in [0, 0.1) is 6.92 Å². The fourth-order valence-electron chi connectivity index (χ4n) is 4.31. The van der Waals surface area contributed by atoms with E-state index in [-0.39, 0.29) is 5.91 Å². The zero-order valence-corrected chi connectivity index (χ0v) is 15.9. The van der Waals surface area contributed by atoms with Gasteiger partial charge in [-0.1, -0.05) is 24.3 Å². The molecule has 1 atom stereocenters. The second kappa shape index (κ2) is 6.93. The number of hydrogen-bond donors (Lipinski definition) is 0. The lowest BCUT2D eigenvalue weighted by Gasteiger charge is -2.40. The molecule has 1 saturated heterocycles. The van der Waals surface area contributed by atoms with Gasteiger partial charge in [0, 0.05) is 30.6 Å². The molecule has 25 heavy (non-hydrogen) atoms. The van der Waals surface area contributed by atoms with Gasteiger partial charge < -0.3 is 4.90 Å². The molecule has 2 aliphatic rings. The lowest BCUT2D eigenvalue weighted by Crippen LogP contribution is -2.51. The molecule has 2 heterocycles. The molecule has 1 aromatic heterocycles. The van der Waals surface area contributed by atoms with Gasteiger partial charge in [-0.3, -0.25) is 9.69 Å². The van der Waals surface area contributed by atoms with Crippen LogP contribution < -0.4 is 0 Å². The molecule has 1 aromatic carbocycles. The van der Waals surface area contributed by atoms with Crippen molar-refractivity contribution >= 4 is 17.2 Å². The van der Waals surface area contributed by atoms with Gasteiger partial charge >= 0.3 is 0 Å². The molecule has 1 aliphatic carbocycles. The molecule has 0 spiro atoms. The van der Waals surface area contributed by atoms with E-state index in [1.54, 1.807) is 11.3 Å². The Morgan fingerprint density at radius 3 is 2.52 bits per heavy atom. The number of carbonyl (C=O) groups is 1. The van der Waals surface area contributed by atoms with E-state index in [9.17, 15) is 4.79 Å². The first-order valence-electron chi connectivity index (χ1n) is 9.26. The van der Waals surface area contributed by atoms with Gasteiger partial charge in [0.05, 0.1) is 4.88 Å². The number of fused-ring (bicyclic) bond motifs is 1. The molecule has 3 nitrogen and oxygen atoms in total. The normalized spacial score (nSPS) is 21.3. The average Bonchev–Trinajstić information content (AvgIpc) is 3.26. The molecule has 0 saturated carbocycles. The van der Waals surface area contributed by atoms with E-state index in [0.29, 0.717) is 12.1 Å². The molecule has 0 N–H and O–H groups in total. The largest absolute Gasteiger partial charge is 0.337 e. The highest BCUT2D eigenvalue weighted by atomic mass is 32.1. The van der Waals surface area contributed by atoms with Gasteiger partial charge in [-0.05, 0) is 62.4 Å². The summed E-state index contributed by atoms with van der Waals surface area (Å²) in [7, 11) is 1.98. The number of thiophene rings is 1. The van der Waals surface area contributed by atoms with E-state index in [1.807, 2.05) is 24.1 Å². The number of piperidine rings is 1. The Kier molecular flexibility index (Phi) is 4.65. The first kappa shape index (κ1) is 16.8. The van der Waals surface area contributed by atoms with Crippen molar-refractivity contribution < 1.29 is 4.79 Å². The minimum Gasteiger partial charge on any atom is -0.337 e. The minimum absolute atomic E-state index is 0.180. The van der Waals surface area contributed by atoms with Crippen LogP contribution in [0.5, 0.6) is 0 Å². The van der Waals surface area contributed by atoms with Crippen LogP contribution in [0.25, 0.3) is 0 Å². The number of nitrogens with zero attached hydrogens (tertiary/aromatic N) is 2. The average molecular weight is 355 g/mol. The Labute approximate surface area is 154 Å². The van der Waals surface area contributed by atoms with Crippen molar-refractivity contribution in [1.82, 2.24) is 9.80 Å². The SMILES string of the molecule is Cc1ccc(C(=O)N(C)C2CCCN(C3Cc4ccccc4C3)C2)s1. The fourth-order valence-corrected chi connectivity index (χ4v) is 5.16. The van der Waals surface area contributed by atoms with E-state index in [4.69, 9.17) is 0 Å². The number of amides is 1. The topological polar surface area (TPSA) is 23.6 Å². The van der Waals surface area contributed by atoms with Crippen LogP contribution in [0.2, 0.25) is 0 Å². The lowest BCUT2D eigenvalue weighted by atomic mass is 10.0. The summed E-state index contributed by atoms with van der Waals surface area (Å²) < 4.78 is 0. The predicted molar refractivity (Wildman–Crippen MR) is 103 cm³/mol. The monoisotopic (exact) mass is 354 g/mol. The van der Waals surface area contributed by atoms with E-state index >= 15 is 0 Å². The molecule has 0 bridgehead atoms. The summed E-state index contributed by atoms with van der Waals surface area (Å²) in [4.78, 5) is 19.5. The van der Waals surface area contributed by atoms with Crippen LogP contribution >= 0.6 is 11.3 Å². The first-order valence-corrected chi connectivity index (χ1v) is 10.1. The van der Waals surface area contributed by atoms with Gasteiger partial charge in [-0.2, -0.15) is 0 Å². The molecule has 2 aromatic rings. The molecule has 1 unspecified atom stereocenters. The molecular formula is C21H26N2OS. The second-order valence-corrected chi connectivity index (χ2v) is 8.74. The third kappa shape index (κ3) is 3.38. The van der Waals surface area contributed by atoms with Crippen LogP contribution in [0.15, 0.2) is 36.4 Å². The summed E-state index contributed by atoms with van der Waals surface area (Å²) in [6.45, 7) is 4.22. The van der Waals surface area contributed by atoms with Crippen LogP contribution in [-0.4, -0.2) is 47.9 Å². The standard InChI is InChI=1S/C21H26N2OS/c1-15-9-10-20(25-15)21(24)22(2)18-8-5-11-23(14-18)19-12-16-6-3-4-7-17(16)13-19/h3-4,6-7,9-10,18-19H,5,8,11-14H2,1-2H3. The summed E-state index contributed by atoms with van der Waals surface area (Å²) in [5.74, 6) is 0.180. The van der Waals surface area contributed by atoms with Gasteiger partial charge in [0.25, 0.3) is 5.91 Å². The number of likely N-dealkylation sites (N-methyl/N-ethyl adjacent to an activating group) is 1. The fraction of sp³-hybridized carbons (Fsp3) is 0.476. The molecule has 4 heteroatoms. The number of hydrogen-bond acceptors (Lipinski definition) is 3. The Morgan fingerprint density at radius 1 is 1.16 bits per heavy atom. The summed E-state index contributed by atoms with van der Waals surface area (Å²) >= 11 is 1.60. The van der Waals surface area contributed by atoms with Gasteiger partial charge in [0.1, 0.15) is 0 Å². The van der Waals surface area contributed by atoms with Gasteiger partial charge in [0.15, 0.2) is 0 Å². The van der Waals surface area contributed by atoms with Crippen molar-refractivity contribution in [3.63, 3.8) is 0 Å². The number of rotatable bonds is 3. The van der Waals surface area contributed by atoms with Crippen molar-refractivity contribution in [2.45, 2.75) is 44.7 Å². The van der Waals surface area contributed by atoms with Crippen molar-refractivity contribution in [2.75, 3.05) is 20.1 Å². The third-order valence-electron chi connectivity index (χ3n) is 5.79. The minimum atomic E-state index is 0.180. The van der Waals surface area contributed by atoms with E-state index in [0.717, 1.165) is 37.2 Å². The van der Waals surface area contributed by atoms with Crippen molar-refractivity contribution in [2.24, 2.45) is 0 Å². The summed E-state index contributed by atoms with van der Waals surface area (Å²) in [6, 6.07) is 13.8. The maximum Gasteiger partial charge on any atom is 0.263 e. The number of likely N-dealkylation sites (tertiary alicyclic amines) is 1. The summed E-state index contributed by atoms with van der Waals surface area (Å²) in [6.07, 6.45) is 4.61. The van der Waals surface area contributed by atoms with E-state index in [1.165, 1.54) is 22.4 Å². The highest BCUT2D eigenvalue weighted by molar-refractivity contribution is 7.13. The van der Waals surface area contributed by atoms with Crippen LogP contribution in [0.1, 0.15) is 38.5 Å². The number of benzene rings is 1. The molecular weight excluding hydrogens is 328 g/mol. The van der Waals surface area contributed by atoms with Crippen molar-refractivity contribution in [3.8, 4) is 0 Å². The molecule has 1 aliphatic heterocycles. The van der Waals surface area contributed by atoms with Crippen LogP contribution in [-0.2, 0) is 12.8 Å². The van der Waals surface area contributed by atoms with Crippen molar-refractivity contribution in [3.05, 3.63) is 57.3 Å². The molecule has 4 rings (SSSR count). The van der Waals surface area contributed by atoms with Gasteiger partial charge in [-0.15, -0.1) is 11.3 Å². The maximum atomic E-state index is 12.8. The molecule has 0 radical (unpaired) electrons. The Morgan fingerprint density at radius 2 is 1.88 bits per heavy atom. The zero-order valence-electron chi connectivity index (χ0n) is 15.1. The predicted octanol–water partition coefficient (Wildman–Crippen LogP) is 3.76. The first-order chi connectivity index (χ1) is 12.1. The van der Waals surface area contributed by atoms with Gasteiger partial charge in [0.2, 0.25) is 0 Å². The number of carbonyl (C=O) groups excluding carboxylic acids is 1. The summed E-state index contributed by atoms with van der Waals surface area (Å²) in [5.41, 5.74) is 3.02. The second-order valence-electron chi connectivity index (χ2n) is 7.45. The van der Waals surface area contributed by atoms with Crippen molar-refractivity contribution in [1.29, 1.82) is 0 Å². The molecule has 1 amide bonds. The maximum absolute atomic E-state index is 12.8.